The molecule has 2 N–H and O–H groups in total. The molecule has 17 heavy (non-hydrogen) atoms. The van der Waals surface area contributed by atoms with E-state index in [1.165, 1.54) is 32.1 Å². The molecule has 1 fully saturated rings. The minimum atomic E-state index is 0.273. The molecule has 0 aliphatic heterocycles. The molecule has 1 unspecified atom stereocenters. The molecule has 0 bridgehead atoms. The van der Waals surface area contributed by atoms with Gasteiger partial charge in [-0.1, -0.05) is 27.2 Å². The van der Waals surface area contributed by atoms with Gasteiger partial charge in [0.2, 0.25) is 0 Å². The van der Waals surface area contributed by atoms with Gasteiger partial charge in [-0.2, -0.15) is 0 Å². The van der Waals surface area contributed by atoms with Crippen LogP contribution < -0.4 is 5.73 Å². The summed E-state index contributed by atoms with van der Waals surface area (Å²) in [6.07, 6.45) is 6.64. The SMILES string of the molecule is CCC1CCC(CN)(N(C)C(C)C(C)C)CC1. The average Bonchev–Trinajstić information content (AvgIpc) is 2.36. The van der Waals surface area contributed by atoms with E-state index in [9.17, 15) is 0 Å². The van der Waals surface area contributed by atoms with Gasteiger partial charge in [0.25, 0.3) is 0 Å². The van der Waals surface area contributed by atoms with E-state index in [1.807, 2.05) is 0 Å². The number of nitrogens with zero attached hydrogens (tertiary/aromatic N) is 1. The molecule has 2 heteroatoms. The molecule has 1 aliphatic rings. The van der Waals surface area contributed by atoms with E-state index in [2.05, 4.69) is 39.6 Å². The maximum absolute atomic E-state index is 6.12. The topological polar surface area (TPSA) is 29.3 Å². The summed E-state index contributed by atoms with van der Waals surface area (Å²) in [7, 11) is 2.28. The second-order valence-corrected chi connectivity index (χ2v) is 6.38. The van der Waals surface area contributed by atoms with Crippen molar-refractivity contribution in [1.29, 1.82) is 0 Å². The van der Waals surface area contributed by atoms with E-state index >= 15 is 0 Å². The Morgan fingerprint density at radius 2 is 1.76 bits per heavy atom. The second-order valence-electron chi connectivity index (χ2n) is 6.38. The summed E-state index contributed by atoms with van der Waals surface area (Å²) in [5.41, 5.74) is 6.40. The van der Waals surface area contributed by atoms with E-state index in [0.29, 0.717) is 12.0 Å². The quantitative estimate of drug-likeness (QED) is 0.799. The van der Waals surface area contributed by atoms with Crippen molar-refractivity contribution in [2.45, 2.75) is 71.4 Å². The highest BCUT2D eigenvalue weighted by atomic mass is 15.2. The van der Waals surface area contributed by atoms with Crippen LogP contribution in [-0.4, -0.2) is 30.1 Å². The summed E-state index contributed by atoms with van der Waals surface area (Å²) in [5, 5.41) is 0. The van der Waals surface area contributed by atoms with Crippen molar-refractivity contribution in [2.24, 2.45) is 17.6 Å². The van der Waals surface area contributed by atoms with E-state index in [1.54, 1.807) is 0 Å². The van der Waals surface area contributed by atoms with Gasteiger partial charge in [0.15, 0.2) is 0 Å². The fraction of sp³-hybridized carbons (Fsp3) is 1.00. The molecule has 1 rings (SSSR count). The summed E-state index contributed by atoms with van der Waals surface area (Å²) in [6, 6.07) is 0.622. The Kier molecular flexibility index (Phi) is 5.46. The molecule has 1 saturated carbocycles. The van der Waals surface area contributed by atoms with E-state index in [4.69, 9.17) is 5.73 Å². The summed E-state index contributed by atoms with van der Waals surface area (Å²) in [4.78, 5) is 2.57. The molecular formula is C15H32N2. The summed E-state index contributed by atoms with van der Waals surface area (Å²) in [5.74, 6) is 1.64. The van der Waals surface area contributed by atoms with Crippen LogP contribution in [0.4, 0.5) is 0 Å². The molecule has 102 valence electrons. The first-order chi connectivity index (χ1) is 7.96. The molecule has 0 aromatic carbocycles. The Bertz CT molecular complexity index is 217. The highest BCUT2D eigenvalue weighted by Crippen LogP contribution is 2.38. The zero-order valence-corrected chi connectivity index (χ0v) is 12.5. The minimum Gasteiger partial charge on any atom is -0.329 e. The van der Waals surface area contributed by atoms with Gasteiger partial charge < -0.3 is 5.73 Å². The van der Waals surface area contributed by atoms with Crippen LogP contribution in [-0.2, 0) is 0 Å². The molecule has 0 amide bonds. The van der Waals surface area contributed by atoms with Crippen LogP contribution in [0.3, 0.4) is 0 Å². The summed E-state index contributed by atoms with van der Waals surface area (Å²) in [6.45, 7) is 10.1. The van der Waals surface area contributed by atoms with Gasteiger partial charge in [0.05, 0.1) is 0 Å². The first kappa shape index (κ1) is 15.0. The van der Waals surface area contributed by atoms with Gasteiger partial charge in [0, 0.05) is 18.1 Å². The molecule has 1 atom stereocenters. The fourth-order valence-corrected chi connectivity index (χ4v) is 3.20. The first-order valence-electron chi connectivity index (χ1n) is 7.40. The fourth-order valence-electron chi connectivity index (χ4n) is 3.20. The average molecular weight is 240 g/mol. The monoisotopic (exact) mass is 240 g/mol. The molecule has 0 radical (unpaired) electrons. The van der Waals surface area contributed by atoms with E-state index < -0.39 is 0 Å². The van der Waals surface area contributed by atoms with Crippen molar-refractivity contribution >= 4 is 0 Å². The largest absolute Gasteiger partial charge is 0.329 e. The molecule has 0 aromatic rings. The molecule has 0 spiro atoms. The van der Waals surface area contributed by atoms with Crippen LogP contribution in [0.25, 0.3) is 0 Å². The highest BCUT2D eigenvalue weighted by molar-refractivity contribution is 4.96. The van der Waals surface area contributed by atoms with Crippen molar-refractivity contribution in [2.75, 3.05) is 13.6 Å². The Morgan fingerprint density at radius 1 is 1.24 bits per heavy atom. The molecule has 0 heterocycles. The predicted molar refractivity (Wildman–Crippen MR) is 76.1 cm³/mol. The minimum absolute atomic E-state index is 0.273. The van der Waals surface area contributed by atoms with Crippen LogP contribution in [0.1, 0.15) is 59.8 Å². The van der Waals surface area contributed by atoms with Crippen molar-refractivity contribution in [3.8, 4) is 0 Å². The molecule has 0 aromatic heterocycles. The van der Waals surface area contributed by atoms with Crippen molar-refractivity contribution in [1.82, 2.24) is 4.90 Å². The van der Waals surface area contributed by atoms with Crippen molar-refractivity contribution in [3.63, 3.8) is 0 Å². The van der Waals surface area contributed by atoms with Crippen LogP contribution in [0, 0.1) is 11.8 Å². The number of hydrogen-bond acceptors (Lipinski definition) is 2. The normalized spacial score (nSPS) is 32.1. The smallest absolute Gasteiger partial charge is 0.0331 e. The van der Waals surface area contributed by atoms with Gasteiger partial charge in [-0.3, -0.25) is 4.90 Å². The summed E-state index contributed by atoms with van der Waals surface area (Å²) < 4.78 is 0. The standard InChI is InChI=1S/C15H32N2/c1-6-14-7-9-15(11-16,10-8-14)17(5)13(4)12(2)3/h12-14H,6-11,16H2,1-5H3. The van der Waals surface area contributed by atoms with Crippen molar-refractivity contribution in [3.05, 3.63) is 0 Å². The number of likely N-dealkylation sites (N-methyl/N-ethyl adjacent to an activating group) is 1. The molecule has 2 nitrogen and oxygen atoms in total. The van der Waals surface area contributed by atoms with Crippen molar-refractivity contribution < 1.29 is 0 Å². The lowest BCUT2D eigenvalue weighted by atomic mass is 9.74. The van der Waals surface area contributed by atoms with E-state index in [-0.39, 0.29) is 5.54 Å². The van der Waals surface area contributed by atoms with Crippen LogP contribution in [0.2, 0.25) is 0 Å². The Morgan fingerprint density at radius 3 is 2.12 bits per heavy atom. The first-order valence-corrected chi connectivity index (χ1v) is 7.40. The van der Waals surface area contributed by atoms with Gasteiger partial charge in [-0.15, -0.1) is 0 Å². The Balaban J connectivity index is 2.69. The van der Waals surface area contributed by atoms with Gasteiger partial charge in [0.1, 0.15) is 0 Å². The molecular weight excluding hydrogens is 208 g/mol. The van der Waals surface area contributed by atoms with Crippen LogP contribution in [0.15, 0.2) is 0 Å². The third-order valence-corrected chi connectivity index (χ3v) is 5.32. The Hall–Kier alpha value is -0.0800. The van der Waals surface area contributed by atoms with Crippen LogP contribution >= 0.6 is 0 Å². The zero-order valence-electron chi connectivity index (χ0n) is 12.5. The second kappa shape index (κ2) is 6.19. The predicted octanol–water partition coefficient (Wildman–Crippen LogP) is 3.26. The van der Waals surface area contributed by atoms with Gasteiger partial charge >= 0.3 is 0 Å². The number of hydrogen-bond donors (Lipinski definition) is 1. The Labute approximate surface area is 108 Å². The third kappa shape index (κ3) is 3.23. The maximum Gasteiger partial charge on any atom is 0.0331 e. The zero-order chi connectivity index (χ0) is 13.1. The van der Waals surface area contributed by atoms with Gasteiger partial charge in [-0.25, -0.2) is 0 Å². The molecule has 0 saturated heterocycles. The number of nitrogens with two attached hydrogens (primary N) is 1. The van der Waals surface area contributed by atoms with E-state index in [0.717, 1.165) is 12.5 Å². The highest BCUT2D eigenvalue weighted by Gasteiger charge is 2.39. The lowest BCUT2D eigenvalue weighted by molar-refractivity contribution is 0.0204. The third-order valence-electron chi connectivity index (χ3n) is 5.32. The lowest BCUT2D eigenvalue weighted by Gasteiger charge is -2.49. The molecule has 1 aliphatic carbocycles. The van der Waals surface area contributed by atoms with Gasteiger partial charge in [-0.05, 0) is 51.5 Å². The van der Waals surface area contributed by atoms with Crippen LogP contribution in [0.5, 0.6) is 0 Å². The maximum atomic E-state index is 6.12. The summed E-state index contributed by atoms with van der Waals surface area (Å²) >= 11 is 0. The lowest BCUT2D eigenvalue weighted by Crippen LogP contribution is -2.57. The number of rotatable bonds is 5.